The number of alkyl halides is 2. The molecule has 2 aromatic rings. The predicted octanol–water partition coefficient (Wildman–Crippen LogP) is 4.16. The molecule has 0 saturated carbocycles. The standard InChI is InChI=1S/C23H23Cl2F2N7O3/c1-2-33(23(35)36-9-8-28)19-12-34(32-20(19)14-6-7-17(24)18(25)10-14)22(30-13-29)31-15-4-3-5-16(11-15)37-21(26)27/h3-7,10-11,19,21H,2,8-9,12,28H2,1H3,(H,30,31). The molecule has 2 aromatic carbocycles. The smallest absolute Gasteiger partial charge is 0.410 e. The summed E-state index contributed by atoms with van der Waals surface area (Å²) in [7, 11) is 0. The highest BCUT2D eigenvalue weighted by atomic mass is 35.5. The van der Waals surface area contributed by atoms with Crippen molar-refractivity contribution in [3.05, 3.63) is 58.1 Å². The van der Waals surface area contributed by atoms with E-state index >= 15 is 0 Å². The summed E-state index contributed by atoms with van der Waals surface area (Å²) < 4.78 is 34.9. The molecule has 3 N–H and O–H groups in total. The second kappa shape index (κ2) is 13.0. The van der Waals surface area contributed by atoms with Gasteiger partial charge in [0.15, 0.2) is 6.19 Å². The summed E-state index contributed by atoms with van der Waals surface area (Å²) in [5.74, 6) is -0.116. The number of carbonyl (C=O) groups excluding carboxylic acids is 1. The lowest BCUT2D eigenvalue weighted by Gasteiger charge is -2.28. The van der Waals surface area contributed by atoms with Crippen LogP contribution in [0.3, 0.4) is 0 Å². The summed E-state index contributed by atoms with van der Waals surface area (Å²) >= 11 is 12.3. The number of nitriles is 1. The molecule has 1 aliphatic rings. The van der Waals surface area contributed by atoms with Crippen molar-refractivity contribution in [2.24, 2.45) is 15.8 Å². The molecule has 0 spiro atoms. The number of guanidine groups is 1. The van der Waals surface area contributed by atoms with E-state index in [1.807, 2.05) is 0 Å². The number of halogens is 4. The third-order valence-corrected chi connectivity index (χ3v) is 5.83. The summed E-state index contributed by atoms with van der Waals surface area (Å²) in [5, 5.41) is 18.4. The highest BCUT2D eigenvalue weighted by molar-refractivity contribution is 6.42. The van der Waals surface area contributed by atoms with Crippen molar-refractivity contribution >= 4 is 46.7 Å². The van der Waals surface area contributed by atoms with Gasteiger partial charge in [0.25, 0.3) is 0 Å². The van der Waals surface area contributed by atoms with Gasteiger partial charge in [-0.2, -0.15) is 19.1 Å². The van der Waals surface area contributed by atoms with Gasteiger partial charge in [0, 0.05) is 24.7 Å². The van der Waals surface area contributed by atoms with E-state index in [2.05, 4.69) is 20.1 Å². The summed E-state index contributed by atoms with van der Waals surface area (Å²) in [6, 6.07) is 9.92. The topological polar surface area (TPSA) is 129 Å². The number of likely N-dealkylation sites (N-methyl/N-ethyl adjacent to an activating group) is 1. The molecule has 3 rings (SSSR count). The second-order valence-corrected chi connectivity index (χ2v) is 8.26. The zero-order valence-electron chi connectivity index (χ0n) is 19.6. The molecule has 0 aromatic heterocycles. The van der Waals surface area contributed by atoms with Crippen LogP contribution >= 0.6 is 23.2 Å². The van der Waals surface area contributed by atoms with Crippen LogP contribution in [-0.2, 0) is 4.74 Å². The van der Waals surface area contributed by atoms with Gasteiger partial charge in [-0.05, 0) is 31.2 Å². The van der Waals surface area contributed by atoms with E-state index in [4.69, 9.17) is 33.7 Å². The number of nitrogens with two attached hydrogens (primary N) is 1. The number of ether oxygens (including phenoxy) is 2. The average molecular weight is 554 g/mol. The molecular formula is C23H23Cl2F2N7O3. The predicted molar refractivity (Wildman–Crippen MR) is 135 cm³/mol. The molecule has 1 amide bonds. The number of benzene rings is 2. The van der Waals surface area contributed by atoms with E-state index in [1.54, 1.807) is 31.3 Å². The van der Waals surface area contributed by atoms with Gasteiger partial charge < -0.3 is 15.2 Å². The normalized spacial score (nSPS) is 15.3. The molecule has 0 aliphatic carbocycles. The molecule has 10 nitrogen and oxygen atoms in total. The Morgan fingerprint density at radius 2 is 2.14 bits per heavy atom. The second-order valence-electron chi connectivity index (χ2n) is 7.45. The van der Waals surface area contributed by atoms with Crippen LogP contribution in [-0.4, -0.2) is 66.6 Å². The van der Waals surface area contributed by atoms with Gasteiger partial charge in [0.05, 0.1) is 34.0 Å². The van der Waals surface area contributed by atoms with Crippen molar-refractivity contribution in [2.45, 2.75) is 19.6 Å². The molecule has 37 heavy (non-hydrogen) atoms. The minimum absolute atomic E-state index is 0.0110. The Balaban J connectivity index is 2.03. The van der Waals surface area contributed by atoms with Crippen LogP contribution in [0.4, 0.5) is 19.3 Å². The van der Waals surface area contributed by atoms with Crippen molar-refractivity contribution in [2.75, 3.05) is 26.2 Å². The highest BCUT2D eigenvalue weighted by Gasteiger charge is 2.37. The fraction of sp³-hybridized carbons (Fsp3) is 0.304. The number of hydrazone groups is 1. The molecule has 14 heteroatoms. The first-order valence-corrected chi connectivity index (χ1v) is 11.8. The van der Waals surface area contributed by atoms with Crippen LogP contribution in [0, 0.1) is 11.5 Å². The summed E-state index contributed by atoms with van der Waals surface area (Å²) in [5.41, 5.74) is 6.71. The van der Waals surface area contributed by atoms with Gasteiger partial charge in [0.2, 0.25) is 5.96 Å². The number of nitrogens with zero attached hydrogens (tertiary/aromatic N) is 5. The third-order valence-electron chi connectivity index (χ3n) is 5.09. The minimum atomic E-state index is -3.01. The van der Waals surface area contributed by atoms with Gasteiger partial charge >= 0.3 is 12.7 Å². The zero-order chi connectivity index (χ0) is 26.9. The number of aliphatic imine (C=N–C) groups is 1. The van der Waals surface area contributed by atoms with Crippen LogP contribution in [0.2, 0.25) is 10.0 Å². The molecule has 1 aliphatic heterocycles. The Morgan fingerprint density at radius 3 is 2.78 bits per heavy atom. The minimum Gasteiger partial charge on any atom is -0.448 e. The van der Waals surface area contributed by atoms with Crippen molar-refractivity contribution < 1.29 is 23.0 Å². The lowest BCUT2D eigenvalue weighted by molar-refractivity contribution is -0.0498. The fourth-order valence-corrected chi connectivity index (χ4v) is 3.83. The van der Waals surface area contributed by atoms with Gasteiger partial charge in [-0.15, -0.1) is 0 Å². The molecule has 0 radical (unpaired) electrons. The summed E-state index contributed by atoms with van der Waals surface area (Å²) in [6.07, 6.45) is 1.19. The third kappa shape index (κ3) is 7.19. The molecule has 0 saturated heterocycles. The van der Waals surface area contributed by atoms with Crippen LogP contribution < -0.4 is 15.8 Å². The maximum atomic E-state index is 12.8. The van der Waals surface area contributed by atoms with Gasteiger partial charge in [-0.1, -0.05) is 35.3 Å². The summed E-state index contributed by atoms with van der Waals surface area (Å²) in [6.45, 7) is -0.686. The van der Waals surface area contributed by atoms with Crippen molar-refractivity contribution in [1.82, 2.24) is 15.2 Å². The lowest BCUT2D eigenvalue weighted by Crippen LogP contribution is -2.48. The average Bonchev–Trinajstić information content (AvgIpc) is 3.29. The number of hydrogen-bond acceptors (Lipinski definition) is 7. The first kappa shape index (κ1) is 27.9. The quantitative estimate of drug-likeness (QED) is 0.217. The molecule has 1 unspecified atom stereocenters. The van der Waals surface area contributed by atoms with E-state index in [0.29, 0.717) is 16.3 Å². The first-order chi connectivity index (χ1) is 17.8. The van der Waals surface area contributed by atoms with Gasteiger partial charge in [0.1, 0.15) is 12.4 Å². The maximum absolute atomic E-state index is 12.8. The lowest BCUT2D eigenvalue weighted by atomic mass is 10.0. The Labute approximate surface area is 221 Å². The van der Waals surface area contributed by atoms with E-state index in [0.717, 1.165) is 0 Å². The van der Waals surface area contributed by atoms with Crippen LogP contribution in [0.5, 0.6) is 5.75 Å². The Bertz CT molecular complexity index is 1220. The van der Waals surface area contributed by atoms with Crippen molar-refractivity contribution in [3.8, 4) is 11.9 Å². The largest absolute Gasteiger partial charge is 0.448 e. The van der Waals surface area contributed by atoms with Crippen LogP contribution in [0.15, 0.2) is 52.6 Å². The number of rotatable bonds is 8. The van der Waals surface area contributed by atoms with E-state index in [-0.39, 0.29) is 48.7 Å². The van der Waals surface area contributed by atoms with E-state index < -0.39 is 18.7 Å². The van der Waals surface area contributed by atoms with Crippen LogP contribution in [0.25, 0.3) is 0 Å². The Hall–Kier alpha value is -3.66. The molecular weight excluding hydrogens is 531 g/mol. The van der Waals surface area contributed by atoms with Crippen molar-refractivity contribution in [1.29, 1.82) is 5.26 Å². The number of carbonyl (C=O) groups is 1. The molecule has 1 heterocycles. The number of hydrogen-bond donors (Lipinski definition) is 2. The van der Waals surface area contributed by atoms with E-state index in [1.165, 1.54) is 34.2 Å². The first-order valence-electron chi connectivity index (χ1n) is 11.0. The SMILES string of the molecule is CCN(C(=O)OCCN)C1CN(C(=Nc2cccc(OC(F)F)c2)NC#N)N=C1c1ccc(Cl)c(Cl)c1. The fourth-order valence-electron chi connectivity index (χ4n) is 3.53. The van der Waals surface area contributed by atoms with Gasteiger partial charge in [-0.25, -0.2) is 14.8 Å². The zero-order valence-corrected chi connectivity index (χ0v) is 21.1. The number of nitrogens with one attached hydrogen (secondary N) is 1. The Morgan fingerprint density at radius 1 is 1.35 bits per heavy atom. The summed E-state index contributed by atoms with van der Waals surface area (Å²) in [4.78, 5) is 18.6. The molecule has 0 fully saturated rings. The van der Waals surface area contributed by atoms with Crippen molar-refractivity contribution in [3.63, 3.8) is 0 Å². The highest BCUT2D eigenvalue weighted by Crippen LogP contribution is 2.28. The molecule has 196 valence electrons. The maximum Gasteiger partial charge on any atom is 0.410 e. The molecule has 0 bridgehead atoms. The van der Waals surface area contributed by atoms with E-state index in [9.17, 15) is 18.8 Å². The number of amides is 1. The monoisotopic (exact) mass is 553 g/mol. The van der Waals surface area contributed by atoms with Gasteiger partial charge in [-0.3, -0.25) is 10.2 Å². The Kier molecular flexibility index (Phi) is 9.85. The van der Waals surface area contributed by atoms with Crippen LogP contribution in [0.1, 0.15) is 12.5 Å². The molecule has 1 atom stereocenters.